The molecule has 0 bridgehead atoms. The Bertz CT molecular complexity index is 749. The third kappa shape index (κ3) is 4.47. The molecule has 8 heteroatoms. The fourth-order valence-electron chi connectivity index (χ4n) is 3.19. The van der Waals surface area contributed by atoms with Gasteiger partial charge in [-0.05, 0) is 23.3 Å². The minimum absolute atomic E-state index is 0. The van der Waals surface area contributed by atoms with Crippen molar-refractivity contribution in [1.82, 2.24) is 20.0 Å². The maximum atomic E-state index is 12.9. The molecule has 0 saturated carbocycles. The molecule has 2 heterocycles. The van der Waals surface area contributed by atoms with Crippen molar-refractivity contribution in [3.63, 3.8) is 0 Å². The van der Waals surface area contributed by atoms with Crippen molar-refractivity contribution in [3.8, 4) is 0 Å². The Kier molecular flexibility index (Phi) is 6.74. The molecule has 1 saturated heterocycles. The van der Waals surface area contributed by atoms with Gasteiger partial charge in [-0.25, -0.2) is 0 Å². The van der Waals surface area contributed by atoms with Crippen LogP contribution in [0.15, 0.2) is 30.6 Å². The zero-order valence-electron chi connectivity index (χ0n) is 14.1. The van der Waals surface area contributed by atoms with E-state index in [9.17, 15) is 4.79 Å². The monoisotopic (exact) mass is 402 g/mol. The molecule has 2 aromatic rings. The number of amides is 1. The minimum Gasteiger partial charge on any atom is -0.341 e. The number of halogens is 3. The van der Waals surface area contributed by atoms with E-state index in [-0.39, 0.29) is 30.2 Å². The van der Waals surface area contributed by atoms with Crippen molar-refractivity contribution < 1.29 is 4.79 Å². The van der Waals surface area contributed by atoms with Gasteiger partial charge >= 0.3 is 0 Å². The molecule has 1 aliphatic rings. The van der Waals surface area contributed by atoms with Gasteiger partial charge in [-0.3, -0.25) is 9.48 Å². The summed E-state index contributed by atoms with van der Waals surface area (Å²) in [5.41, 5.74) is 2.06. The van der Waals surface area contributed by atoms with Crippen molar-refractivity contribution in [2.75, 3.05) is 20.1 Å². The zero-order chi connectivity index (χ0) is 17.3. The zero-order valence-corrected chi connectivity index (χ0v) is 16.4. The first kappa shape index (κ1) is 20.0. The largest absolute Gasteiger partial charge is 0.341 e. The van der Waals surface area contributed by atoms with Crippen LogP contribution in [0.3, 0.4) is 0 Å². The van der Waals surface area contributed by atoms with E-state index in [0.29, 0.717) is 23.1 Å². The first-order valence-electron chi connectivity index (χ1n) is 7.84. The average Bonchev–Trinajstić information content (AvgIpc) is 3.18. The molecule has 3 rings (SSSR count). The first-order valence-corrected chi connectivity index (χ1v) is 8.59. The minimum atomic E-state index is -0.0815. The van der Waals surface area contributed by atoms with Crippen LogP contribution >= 0.6 is 35.6 Å². The van der Waals surface area contributed by atoms with Gasteiger partial charge in [0.15, 0.2) is 0 Å². The second-order valence-corrected chi connectivity index (χ2v) is 7.08. The molecule has 5 nitrogen and oxygen atoms in total. The van der Waals surface area contributed by atoms with Crippen molar-refractivity contribution in [1.29, 1.82) is 0 Å². The van der Waals surface area contributed by atoms with Gasteiger partial charge in [0.05, 0.1) is 22.2 Å². The molecule has 1 aromatic carbocycles. The Hall–Kier alpha value is -1.27. The number of rotatable bonds is 4. The molecule has 1 amide bonds. The van der Waals surface area contributed by atoms with E-state index in [1.165, 1.54) is 0 Å². The Morgan fingerprint density at radius 3 is 2.76 bits per heavy atom. The molecule has 0 unspecified atom stereocenters. The predicted octanol–water partition coefficient (Wildman–Crippen LogP) is 3.11. The first-order chi connectivity index (χ1) is 11.5. The fraction of sp³-hybridized carbons (Fsp3) is 0.412. The molecule has 0 aliphatic carbocycles. The van der Waals surface area contributed by atoms with Crippen LogP contribution in [0.2, 0.25) is 10.0 Å². The van der Waals surface area contributed by atoms with E-state index in [1.54, 1.807) is 21.7 Å². The summed E-state index contributed by atoms with van der Waals surface area (Å²) in [5.74, 6) is 0.198. The Morgan fingerprint density at radius 2 is 2.12 bits per heavy atom. The number of carbonyl (C=O) groups is 1. The second-order valence-electron chi connectivity index (χ2n) is 6.26. The van der Waals surface area contributed by atoms with Crippen LogP contribution in [-0.4, -0.2) is 40.7 Å². The van der Waals surface area contributed by atoms with Gasteiger partial charge in [0.25, 0.3) is 0 Å². The van der Waals surface area contributed by atoms with Crippen molar-refractivity contribution in [3.05, 3.63) is 51.8 Å². The van der Waals surface area contributed by atoms with Gasteiger partial charge in [-0.2, -0.15) is 5.10 Å². The third-order valence-electron chi connectivity index (χ3n) is 4.46. The van der Waals surface area contributed by atoms with Crippen LogP contribution < -0.4 is 5.32 Å². The highest BCUT2D eigenvalue weighted by molar-refractivity contribution is 6.42. The van der Waals surface area contributed by atoms with E-state index < -0.39 is 0 Å². The average molecular weight is 404 g/mol. The molecule has 1 aromatic heterocycles. The van der Waals surface area contributed by atoms with Crippen molar-refractivity contribution in [2.24, 2.45) is 13.0 Å². The van der Waals surface area contributed by atoms with Gasteiger partial charge in [0, 0.05) is 45.8 Å². The number of nitrogens with zero attached hydrogens (tertiary/aromatic N) is 3. The quantitative estimate of drug-likeness (QED) is 0.853. The van der Waals surface area contributed by atoms with Gasteiger partial charge in [-0.15, -0.1) is 12.4 Å². The summed E-state index contributed by atoms with van der Waals surface area (Å²) < 4.78 is 1.77. The van der Waals surface area contributed by atoms with Gasteiger partial charge < -0.3 is 10.2 Å². The van der Waals surface area contributed by atoms with Crippen LogP contribution in [0.4, 0.5) is 0 Å². The number of aromatic nitrogens is 2. The number of nitrogens with one attached hydrogen (secondary N) is 1. The molecule has 1 fully saturated rings. The highest BCUT2D eigenvalue weighted by Crippen LogP contribution is 2.30. The van der Waals surface area contributed by atoms with Crippen LogP contribution in [-0.2, 0) is 18.4 Å². The topological polar surface area (TPSA) is 50.2 Å². The third-order valence-corrected chi connectivity index (χ3v) is 5.20. The normalized spacial score (nSPS) is 19.5. The molecule has 0 spiro atoms. The lowest BCUT2D eigenvalue weighted by Gasteiger charge is -2.24. The summed E-state index contributed by atoms with van der Waals surface area (Å²) >= 11 is 12.0. The van der Waals surface area contributed by atoms with Gasteiger partial charge in [-0.1, -0.05) is 29.3 Å². The Morgan fingerprint density at radius 1 is 1.36 bits per heavy atom. The van der Waals surface area contributed by atoms with Crippen molar-refractivity contribution >= 4 is 41.5 Å². The molecular formula is C17H21Cl3N4O. The molecular weight excluding hydrogens is 383 g/mol. The maximum absolute atomic E-state index is 12.9. The smallest absolute Gasteiger partial charge is 0.227 e. The Labute approximate surface area is 163 Å². The van der Waals surface area contributed by atoms with E-state index in [2.05, 4.69) is 10.4 Å². The van der Waals surface area contributed by atoms with E-state index >= 15 is 0 Å². The van der Waals surface area contributed by atoms with Crippen LogP contribution in [0.1, 0.15) is 17.0 Å². The number of aryl methyl sites for hydroxylation is 1. The lowest BCUT2D eigenvalue weighted by molar-refractivity contribution is -0.134. The second kappa shape index (κ2) is 8.41. The SMILES string of the molecule is CN(Cc1ccc(Cl)c(Cl)c1)C(=O)[C@H]1CNC[C@@H]1c1cnn(C)c1.Cl. The summed E-state index contributed by atoms with van der Waals surface area (Å²) in [7, 11) is 3.71. The van der Waals surface area contributed by atoms with Crippen molar-refractivity contribution in [2.45, 2.75) is 12.5 Å². The highest BCUT2D eigenvalue weighted by Gasteiger charge is 2.36. The van der Waals surface area contributed by atoms with E-state index in [1.807, 2.05) is 32.6 Å². The van der Waals surface area contributed by atoms with Crippen LogP contribution in [0.5, 0.6) is 0 Å². The highest BCUT2D eigenvalue weighted by atomic mass is 35.5. The van der Waals surface area contributed by atoms with Gasteiger partial charge in [0.1, 0.15) is 0 Å². The molecule has 1 aliphatic heterocycles. The van der Waals surface area contributed by atoms with E-state index in [4.69, 9.17) is 23.2 Å². The number of carbonyl (C=O) groups excluding carboxylic acids is 1. The molecule has 1 N–H and O–H groups in total. The molecule has 2 atom stereocenters. The lowest BCUT2D eigenvalue weighted by Crippen LogP contribution is -2.35. The maximum Gasteiger partial charge on any atom is 0.227 e. The number of hydrogen-bond acceptors (Lipinski definition) is 3. The summed E-state index contributed by atoms with van der Waals surface area (Å²) in [6.07, 6.45) is 3.83. The lowest BCUT2D eigenvalue weighted by atomic mass is 9.90. The molecule has 136 valence electrons. The molecule has 25 heavy (non-hydrogen) atoms. The number of hydrogen-bond donors (Lipinski definition) is 1. The number of benzene rings is 1. The van der Waals surface area contributed by atoms with Gasteiger partial charge in [0.2, 0.25) is 5.91 Å². The van der Waals surface area contributed by atoms with E-state index in [0.717, 1.165) is 17.7 Å². The Balaban J connectivity index is 0.00000225. The summed E-state index contributed by atoms with van der Waals surface area (Å²) in [6, 6.07) is 5.45. The van der Waals surface area contributed by atoms with Crippen LogP contribution in [0, 0.1) is 5.92 Å². The fourth-order valence-corrected chi connectivity index (χ4v) is 3.51. The predicted molar refractivity (Wildman–Crippen MR) is 102 cm³/mol. The molecule has 0 radical (unpaired) electrons. The standard InChI is InChI=1S/C17H20Cl2N4O.ClH/c1-22(9-11-3-4-15(18)16(19)5-11)17(24)14-8-20-7-13(14)12-6-21-23(2)10-12;/h3-6,10,13-14,20H,7-9H2,1-2H3;1H/t13-,14+;/m1./s1. The summed E-state index contributed by atoms with van der Waals surface area (Å²) in [4.78, 5) is 14.6. The van der Waals surface area contributed by atoms with Crippen LogP contribution in [0.25, 0.3) is 0 Å². The summed E-state index contributed by atoms with van der Waals surface area (Å²) in [5, 5.41) is 8.57. The summed E-state index contributed by atoms with van der Waals surface area (Å²) in [6.45, 7) is 1.98.